The number of halogens is 1. The average Bonchev–Trinajstić information content (AvgIpc) is 1.64. The summed E-state index contributed by atoms with van der Waals surface area (Å²) in [6.07, 6.45) is 10.2. The lowest BCUT2D eigenvalue weighted by Gasteiger charge is -2.22. The van der Waals surface area contributed by atoms with Gasteiger partial charge >= 0.3 is 0 Å². The van der Waals surface area contributed by atoms with E-state index >= 15 is 0 Å². The van der Waals surface area contributed by atoms with Crippen LogP contribution in [0, 0.1) is 19.7 Å². The smallest absolute Gasteiger partial charge is 0.291 e. The van der Waals surface area contributed by atoms with Crippen LogP contribution in [0.3, 0.4) is 0 Å². The van der Waals surface area contributed by atoms with E-state index < -0.39 is 64.2 Å². The van der Waals surface area contributed by atoms with Crippen molar-refractivity contribution < 1.29 is 133 Å². The number of nitrogens with one attached hydrogen (secondary N) is 10. The minimum atomic E-state index is -1.27. The largest absolute Gasteiger partial charge is 0.487 e. The van der Waals surface area contributed by atoms with E-state index in [4.69, 9.17) is 80.5 Å². The van der Waals surface area contributed by atoms with Crippen molar-refractivity contribution in [3.8, 4) is 34.1 Å². The van der Waals surface area contributed by atoms with E-state index in [0.29, 0.717) is 225 Å². The predicted molar refractivity (Wildman–Crippen MR) is 536 cm³/mol. The Morgan fingerprint density at radius 2 is 0.844 bits per heavy atom. The molecule has 0 aliphatic heterocycles. The summed E-state index contributed by atoms with van der Waals surface area (Å²) in [4.78, 5) is 147. The molecule has 7 aromatic heterocycles. The molecule has 0 unspecified atom stereocenters. The summed E-state index contributed by atoms with van der Waals surface area (Å²) in [6, 6.07) is 17.5. The second kappa shape index (κ2) is 61.0. The molecular formula is C99H134FN19O28. The second-order valence-corrected chi connectivity index (χ2v) is 33.8. The molecule has 0 aliphatic carbocycles. The van der Waals surface area contributed by atoms with E-state index in [2.05, 4.69) is 67.8 Å². The Morgan fingerprint density at radius 1 is 0.395 bits per heavy atom. The molecule has 147 heavy (non-hydrogen) atoms. The molecule has 3 aromatic carbocycles. The fraction of sp³-hybridized carbons (Fsp3) is 0.485. The van der Waals surface area contributed by atoms with Crippen molar-refractivity contribution in [2.24, 2.45) is 42.3 Å². The fourth-order valence-corrected chi connectivity index (χ4v) is 14.2. The number of aromatic amines is 1. The number of methoxy groups -OCH3 is 1. The number of hydrogen-bond donors (Lipinski definition) is 11. The van der Waals surface area contributed by atoms with Crippen LogP contribution < -0.4 is 67.6 Å². The van der Waals surface area contributed by atoms with Crippen LogP contribution in [0.25, 0.3) is 22.0 Å². The van der Waals surface area contributed by atoms with E-state index in [-0.39, 0.29) is 143 Å². The molecule has 10 rings (SSSR count). The number of H-pyrrole nitrogens is 1. The highest BCUT2D eigenvalue weighted by Gasteiger charge is 2.27. The van der Waals surface area contributed by atoms with Gasteiger partial charge in [-0.1, -0.05) is 6.07 Å². The number of benzene rings is 3. The first-order chi connectivity index (χ1) is 70.9. The van der Waals surface area contributed by atoms with Crippen molar-refractivity contribution in [2.75, 3.05) is 250 Å². The summed E-state index contributed by atoms with van der Waals surface area (Å²) in [5.41, 5.74) is 2.45. The van der Waals surface area contributed by atoms with Gasteiger partial charge in [0, 0.05) is 172 Å². The van der Waals surface area contributed by atoms with Crippen molar-refractivity contribution in [3.63, 3.8) is 0 Å². The Bertz CT molecular complexity index is 5970. The van der Waals surface area contributed by atoms with E-state index in [1.165, 1.54) is 61.3 Å². The summed E-state index contributed by atoms with van der Waals surface area (Å²) in [5, 5.41) is 35.8. The molecule has 48 heteroatoms. The molecule has 9 amide bonds. The zero-order valence-corrected chi connectivity index (χ0v) is 84.7. The normalized spacial score (nSPS) is 11.4. The Balaban J connectivity index is 0.513. The SMILES string of the molecule is COCCOCCOCCOCCOCCOCCOc1cc(NC(=O)c2cc3c(-c4cc(C(C)(C)O)ccc4Oc4c(C)cc(F)cc4C)cn(C)c(=O)c3[nH]2)ccc1OCCOCCOCCOCCOCCOCCOCCOCCOCCNC(=O)CCNC(=O)c1nc(NC(=O)CCNC(=O)c2cc(NC(=O)c3nc(NC(=O)CCC(=O)Nc4cc(NC(=O)c5nccn5C)cn4C)cn3C)cn2C)cn1C. The van der Waals surface area contributed by atoms with Crippen molar-refractivity contribution in [1.82, 2.24) is 63.3 Å². The van der Waals surface area contributed by atoms with Gasteiger partial charge in [0.1, 0.15) is 53.3 Å². The van der Waals surface area contributed by atoms with Gasteiger partial charge in [0.05, 0.1) is 195 Å². The van der Waals surface area contributed by atoms with Crippen molar-refractivity contribution in [1.29, 1.82) is 0 Å². The summed E-state index contributed by atoms with van der Waals surface area (Å²) in [6.45, 7) is 16.9. The number of nitrogens with zero attached hydrogens (tertiary/aromatic N) is 9. The molecule has 47 nitrogen and oxygen atoms in total. The fourth-order valence-electron chi connectivity index (χ4n) is 14.2. The number of amides is 9. The molecule has 0 saturated heterocycles. The number of rotatable bonds is 71. The Labute approximate surface area is 848 Å². The zero-order chi connectivity index (χ0) is 105. The van der Waals surface area contributed by atoms with E-state index in [9.17, 15) is 57.4 Å². The van der Waals surface area contributed by atoms with E-state index in [0.717, 1.165) is 0 Å². The van der Waals surface area contributed by atoms with Crippen LogP contribution in [-0.4, -0.2) is 324 Å². The van der Waals surface area contributed by atoms with Gasteiger partial charge < -0.3 is 166 Å². The summed E-state index contributed by atoms with van der Waals surface area (Å²) in [5.74, 6) is -2.90. The molecule has 0 fully saturated rings. The Hall–Kier alpha value is -13.7. The number of carbonyl (C=O) groups is 9. The molecule has 10 aromatic rings. The maximum atomic E-state index is 14.4. The maximum absolute atomic E-state index is 14.4. The van der Waals surface area contributed by atoms with Crippen LogP contribution >= 0.6 is 0 Å². The van der Waals surface area contributed by atoms with Crippen molar-refractivity contribution in [2.45, 2.75) is 59.0 Å². The highest BCUT2D eigenvalue weighted by atomic mass is 19.1. The number of hydrogen-bond acceptors (Lipinski definition) is 31. The molecule has 0 aliphatic rings. The second-order valence-electron chi connectivity index (χ2n) is 33.8. The lowest BCUT2D eigenvalue weighted by atomic mass is 9.93. The monoisotopic (exact) mass is 2060 g/mol. The van der Waals surface area contributed by atoms with Crippen LogP contribution in [0.5, 0.6) is 23.0 Å². The number of aromatic nitrogens is 10. The molecule has 0 saturated carbocycles. The summed E-state index contributed by atoms with van der Waals surface area (Å²) >= 11 is 0. The zero-order valence-electron chi connectivity index (χ0n) is 84.7. The van der Waals surface area contributed by atoms with Gasteiger partial charge in [-0.2, -0.15) is 0 Å². The van der Waals surface area contributed by atoms with Gasteiger partial charge in [-0.25, -0.2) is 19.3 Å². The maximum Gasteiger partial charge on any atom is 0.291 e. The highest BCUT2D eigenvalue weighted by molar-refractivity contribution is 6.09. The van der Waals surface area contributed by atoms with Crippen molar-refractivity contribution >= 4 is 98.6 Å². The van der Waals surface area contributed by atoms with E-state index in [1.54, 1.807) is 153 Å². The lowest BCUT2D eigenvalue weighted by molar-refractivity contribution is -0.121. The quantitative estimate of drug-likeness (QED) is 0.0178. The third-order valence-electron chi connectivity index (χ3n) is 21.7. The molecule has 7 heterocycles. The Kier molecular flexibility index (Phi) is 47.8. The summed E-state index contributed by atoms with van der Waals surface area (Å²) in [7, 11) is 11.3. The molecule has 0 bridgehead atoms. The Morgan fingerprint density at radius 3 is 1.36 bits per heavy atom. The van der Waals surface area contributed by atoms with Gasteiger partial charge in [-0.3, -0.25) is 47.9 Å². The molecule has 800 valence electrons. The molecule has 11 N–H and O–H groups in total. The van der Waals surface area contributed by atoms with Crippen LogP contribution in [0.1, 0.15) is 109 Å². The van der Waals surface area contributed by atoms with Crippen LogP contribution in [0.4, 0.5) is 38.9 Å². The topological polar surface area (TPSA) is 540 Å². The molecule has 0 atom stereocenters. The van der Waals surface area contributed by atoms with Crippen LogP contribution in [0.2, 0.25) is 0 Å². The predicted octanol–water partition coefficient (Wildman–Crippen LogP) is 6.62. The first-order valence-electron chi connectivity index (χ1n) is 47.9. The number of fused-ring (bicyclic) bond motifs is 1. The van der Waals surface area contributed by atoms with Gasteiger partial charge in [-0.15, -0.1) is 0 Å². The molecular weight excluding hydrogens is 1920 g/mol. The standard InChI is InChI=1S/C99H134FN19O28/c1-66-54-69(100)55-67(2)89(66)147-78-14-12-68(99(3,4)130)56-73(78)75-63-119(10)98(129)88-74(75)60-76(108-88)93(124)105-70-13-15-79(80(58-70)146-53-51-144-49-47-142-45-43-137-35-34-135-31-30-133-27-26-131-11)145-52-50-143-48-46-141-44-42-140-41-40-139-39-38-138-37-36-136-33-32-134-29-28-132-25-23-101-84(120)18-20-104-95(126)91-111-82(64-117(91)8)110-87(123)19-21-103-94(125)77-57-71(61-115(77)6)106-97(128)92-112-81(65-118(92)9)109-85(121)16-17-86(122)113-83-59-72(62-116(83)7)107-96(127)90-102-22-24-114(90)5/h12-15,22,24,54-65,108,130H,16-21,23,25-53H2,1-11H3,(H,101,120)(H,103,125)(H,104,126)(H,105,124)(H,106,128)(H,107,127)(H,109,121)(H,110,123)(H,113,122). The average molecular weight is 2060 g/mol. The number of pyridine rings is 1. The number of anilines is 6. The van der Waals surface area contributed by atoms with Gasteiger partial charge in [0.15, 0.2) is 29.0 Å². The van der Waals surface area contributed by atoms with Crippen LogP contribution in [0.15, 0.2) is 115 Å². The van der Waals surface area contributed by atoms with E-state index in [1.807, 2.05) is 0 Å². The number of aliphatic hydroxyl groups is 1. The number of carbonyl (C=O) groups excluding carboxylic acids is 9. The highest BCUT2D eigenvalue weighted by Crippen LogP contribution is 2.42. The molecule has 0 spiro atoms. The third-order valence-corrected chi connectivity index (χ3v) is 21.7. The minimum Gasteiger partial charge on any atom is -0.487 e. The summed E-state index contributed by atoms with van der Waals surface area (Å²) < 4.78 is 120. The number of ether oxygens (including phenoxy) is 17. The first kappa shape index (κ1) is 115. The first-order valence-corrected chi connectivity index (χ1v) is 47.9. The lowest BCUT2D eigenvalue weighted by Crippen LogP contribution is -2.33. The number of aryl methyl sites for hydroxylation is 8. The third kappa shape index (κ3) is 38.9. The van der Waals surface area contributed by atoms with Gasteiger partial charge in [0.2, 0.25) is 35.3 Å². The number of imidazole rings is 3. The van der Waals surface area contributed by atoms with Gasteiger partial charge in [-0.05, 0) is 92.9 Å². The van der Waals surface area contributed by atoms with Gasteiger partial charge in [0.25, 0.3) is 35.1 Å². The van der Waals surface area contributed by atoms with Crippen LogP contribution in [-0.2, 0) is 133 Å². The minimum absolute atomic E-state index is 0.00321. The molecule has 0 radical (unpaired) electrons. The van der Waals surface area contributed by atoms with Crippen molar-refractivity contribution in [3.05, 3.63) is 172 Å².